The van der Waals surface area contributed by atoms with Crippen LogP contribution in [-0.4, -0.2) is 6.71 Å². The van der Waals surface area contributed by atoms with E-state index < -0.39 is 0 Å². The smallest absolute Gasteiger partial charge is 0.297 e. The van der Waals surface area contributed by atoms with Crippen LogP contribution in [0.25, 0.3) is 21.7 Å². The molecule has 0 radical (unpaired) electrons. The first-order valence-corrected chi connectivity index (χ1v) is 22.9. The number of anilines is 6. The van der Waals surface area contributed by atoms with Crippen molar-refractivity contribution < 1.29 is 4.42 Å². The van der Waals surface area contributed by atoms with Crippen molar-refractivity contribution in [3.05, 3.63) is 137 Å². The molecule has 6 aromatic carbocycles. The highest BCUT2D eigenvalue weighted by atomic mass is 16.3. The number of benzene rings is 6. The quantitative estimate of drug-likeness (QED) is 0.162. The summed E-state index contributed by atoms with van der Waals surface area (Å²) in [5.41, 5.74) is 20.7. The van der Waals surface area contributed by atoms with Crippen LogP contribution in [-0.2, 0) is 27.1 Å². The van der Waals surface area contributed by atoms with E-state index in [0.717, 1.165) is 11.2 Å². The Morgan fingerprint density at radius 1 is 0.541 bits per heavy atom. The first-order valence-electron chi connectivity index (χ1n) is 22.9. The number of aryl methyl sites for hydroxylation is 1. The van der Waals surface area contributed by atoms with Gasteiger partial charge in [-0.3, -0.25) is 0 Å². The number of nitrogens with zero attached hydrogens (tertiary/aromatic N) is 2. The van der Waals surface area contributed by atoms with Crippen LogP contribution in [0.2, 0.25) is 0 Å². The first kappa shape index (κ1) is 38.7. The standard InChI is InChI=1S/C57H61BN2O/c1-34-27-47-50-48(28-34)60(39-19-21-42-44(33-39)57(11,12)26-24-55(42,7)8)51-40-31-37(53(2,3)4)17-22-49(40)61-52(51)58(50)45-29-35-15-13-14-16-36(35)30-46(45)59(47)38-18-20-41-43(32-38)56(9,10)25-23-54(41,5)6/h13-22,27-33H,23-26H2,1-12H3. The van der Waals surface area contributed by atoms with Crippen molar-refractivity contribution >= 4 is 79.2 Å². The van der Waals surface area contributed by atoms with Gasteiger partial charge in [-0.2, -0.15) is 0 Å². The molecule has 7 aromatic rings. The lowest BCUT2D eigenvalue weighted by atomic mass is 9.35. The second-order valence-electron chi connectivity index (χ2n) is 22.9. The molecule has 0 saturated heterocycles. The molecule has 0 N–H and O–H groups in total. The van der Waals surface area contributed by atoms with E-state index in [4.69, 9.17) is 4.42 Å². The van der Waals surface area contributed by atoms with Gasteiger partial charge in [-0.15, -0.1) is 0 Å². The molecule has 0 saturated carbocycles. The Hall–Kier alpha value is -5.22. The Bertz CT molecular complexity index is 3010. The van der Waals surface area contributed by atoms with Crippen LogP contribution in [0.5, 0.6) is 0 Å². The molecular formula is C57H61BN2O. The highest BCUT2D eigenvalue weighted by molar-refractivity contribution is 7.00. The van der Waals surface area contributed by atoms with Crippen molar-refractivity contribution in [1.29, 1.82) is 0 Å². The highest BCUT2D eigenvalue weighted by Crippen LogP contribution is 2.53. The van der Waals surface area contributed by atoms with Crippen LogP contribution in [0.3, 0.4) is 0 Å². The van der Waals surface area contributed by atoms with Crippen LogP contribution in [0.1, 0.15) is 135 Å². The molecule has 2 aliphatic heterocycles. The summed E-state index contributed by atoms with van der Waals surface area (Å²) in [6.07, 6.45) is 4.73. The molecule has 0 unspecified atom stereocenters. The Morgan fingerprint density at radius 3 is 1.64 bits per heavy atom. The normalized spacial score (nSPS) is 19.0. The molecule has 0 spiro atoms. The van der Waals surface area contributed by atoms with Crippen molar-refractivity contribution in [2.75, 3.05) is 9.80 Å². The van der Waals surface area contributed by atoms with Crippen molar-refractivity contribution in [1.82, 2.24) is 0 Å². The molecule has 0 bridgehead atoms. The Balaban J connectivity index is 1.25. The van der Waals surface area contributed by atoms with Gasteiger partial charge in [-0.05, 0) is 169 Å². The summed E-state index contributed by atoms with van der Waals surface area (Å²) in [5.74, 6) is 0. The largest absolute Gasteiger partial charge is 0.468 e. The van der Waals surface area contributed by atoms with Crippen LogP contribution in [0, 0.1) is 6.92 Å². The molecule has 61 heavy (non-hydrogen) atoms. The van der Waals surface area contributed by atoms with Crippen LogP contribution in [0.15, 0.2) is 108 Å². The highest BCUT2D eigenvalue weighted by Gasteiger charge is 2.48. The third kappa shape index (κ3) is 5.62. The van der Waals surface area contributed by atoms with Gasteiger partial charge < -0.3 is 14.2 Å². The van der Waals surface area contributed by atoms with Crippen molar-refractivity contribution in [3.63, 3.8) is 0 Å². The van der Waals surface area contributed by atoms with Crippen LogP contribution < -0.4 is 26.4 Å². The molecule has 308 valence electrons. The maximum atomic E-state index is 7.35. The molecule has 4 aliphatic rings. The van der Waals surface area contributed by atoms with Gasteiger partial charge in [0.2, 0.25) is 0 Å². The maximum Gasteiger partial charge on any atom is 0.297 e. The van der Waals surface area contributed by atoms with Crippen LogP contribution >= 0.6 is 0 Å². The lowest BCUT2D eigenvalue weighted by Crippen LogP contribution is -2.61. The van der Waals surface area contributed by atoms with Crippen molar-refractivity contribution in [3.8, 4) is 0 Å². The second kappa shape index (κ2) is 12.5. The zero-order valence-corrected chi connectivity index (χ0v) is 38.5. The first-order chi connectivity index (χ1) is 28.7. The zero-order chi connectivity index (χ0) is 42.8. The van der Waals surface area contributed by atoms with E-state index in [1.54, 1.807) is 0 Å². The molecule has 11 rings (SSSR count). The van der Waals surface area contributed by atoms with E-state index in [2.05, 4.69) is 196 Å². The summed E-state index contributed by atoms with van der Waals surface area (Å²) in [4.78, 5) is 5.20. The molecule has 0 fully saturated rings. The number of hydrogen-bond donors (Lipinski definition) is 0. The number of rotatable bonds is 2. The fourth-order valence-electron chi connectivity index (χ4n) is 11.7. The third-order valence-corrected chi connectivity index (χ3v) is 15.7. The third-order valence-electron chi connectivity index (χ3n) is 15.7. The van der Waals surface area contributed by atoms with E-state index in [9.17, 15) is 0 Å². The second-order valence-corrected chi connectivity index (χ2v) is 22.9. The van der Waals surface area contributed by atoms with Gasteiger partial charge in [0, 0.05) is 33.8 Å². The van der Waals surface area contributed by atoms with Crippen molar-refractivity contribution in [2.24, 2.45) is 0 Å². The van der Waals surface area contributed by atoms with Gasteiger partial charge in [-0.1, -0.05) is 125 Å². The molecule has 3 heterocycles. The number of furan rings is 1. The molecule has 4 heteroatoms. The summed E-state index contributed by atoms with van der Waals surface area (Å²) < 4.78 is 7.35. The molecule has 0 atom stereocenters. The van der Waals surface area contributed by atoms with E-state index in [0.29, 0.717) is 0 Å². The van der Waals surface area contributed by atoms with Gasteiger partial charge in [0.1, 0.15) is 5.58 Å². The van der Waals surface area contributed by atoms with E-state index in [-0.39, 0.29) is 33.8 Å². The summed E-state index contributed by atoms with van der Waals surface area (Å²) in [6, 6.07) is 40.4. The molecular weight excluding hydrogens is 739 g/mol. The minimum Gasteiger partial charge on any atom is -0.468 e. The maximum absolute atomic E-state index is 7.35. The SMILES string of the molecule is Cc1cc2c3c(c1)N(c1ccc4c(c1)C(C)(C)CCC4(C)C)c1c(oc4ccc(C(C)(C)C)cc14)B3c1cc3ccccc3cc1N2c1ccc2c(c1)C(C)(C)CCC2(C)C. The summed E-state index contributed by atoms with van der Waals surface area (Å²) in [7, 11) is 0. The van der Waals surface area contributed by atoms with Crippen LogP contribution in [0.4, 0.5) is 34.1 Å². The lowest BCUT2D eigenvalue weighted by molar-refractivity contribution is 0.332. The van der Waals surface area contributed by atoms with Gasteiger partial charge in [0.25, 0.3) is 6.71 Å². The summed E-state index contributed by atoms with van der Waals surface area (Å²) in [5, 5.41) is 3.68. The van der Waals surface area contributed by atoms with Crippen molar-refractivity contribution in [2.45, 2.75) is 136 Å². The average Bonchev–Trinajstić information content (AvgIpc) is 3.58. The molecule has 0 amide bonds. The predicted molar refractivity (Wildman–Crippen MR) is 262 cm³/mol. The van der Waals surface area contributed by atoms with Gasteiger partial charge in [-0.25, -0.2) is 0 Å². The van der Waals surface area contributed by atoms with E-state index in [1.807, 2.05) is 0 Å². The molecule has 3 nitrogen and oxygen atoms in total. The minimum absolute atomic E-state index is 0.0174. The fraction of sp³-hybridized carbons (Fsp3) is 0.368. The van der Waals surface area contributed by atoms with Gasteiger partial charge in [0.15, 0.2) is 0 Å². The zero-order valence-electron chi connectivity index (χ0n) is 38.5. The molecule has 1 aromatic heterocycles. The average molecular weight is 801 g/mol. The number of fused-ring (bicyclic) bond motifs is 9. The predicted octanol–water partition coefficient (Wildman–Crippen LogP) is 14.0. The van der Waals surface area contributed by atoms with E-state index in [1.165, 1.54) is 120 Å². The lowest BCUT2D eigenvalue weighted by Gasteiger charge is -2.45. The fourth-order valence-corrected chi connectivity index (χ4v) is 11.7. The summed E-state index contributed by atoms with van der Waals surface area (Å²) >= 11 is 0. The number of hydrogen-bond acceptors (Lipinski definition) is 3. The van der Waals surface area contributed by atoms with Gasteiger partial charge >= 0.3 is 0 Å². The monoisotopic (exact) mass is 800 g/mol. The Kier molecular flexibility index (Phi) is 7.90. The Labute approximate surface area is 364 Å². The summed E-state index contributed by atoms with van der Waals surface area (Å²) in [6.45, 7) is 28.6. The van der Waals surface area contributed by atoms with Gasteiger partial charge in [0.05, 0.1) is 11.3 Å². The minimum atomic E-state index is -0.0980. The van der Waals surface area contributed by atoms with E-state index >= 15 is 0 Å². The molecule has 2 aliphatic carbocycles. The topological polar surface area (TPSA) is 19.6 Å². The Morgan fingerprint density at radius 2 is 1.07 bits per heavy atom.